The molecule has 2 unspecified atom stereocenters. The van der Waals surface area contributed by atoms with Gasteiger partial charge in [-0.2, -0.15) is 0 Å². The van der Waals surface area contributed by atoms with Crippen LogP contribution in [-0.4, -0.2) is 95.5 Å². The van der Waals surface area contributed by atoms with Crippen molar-refractivity contribution in [2.45, 2.75) is 44.0 Å². The molecule has 0 radical (unpaired) electrons. The van der Waals surface area contributed by atoms with Gasteiger partial charge in [0.2, 0.25) is 11.9 Å². The molecule has 2 aliphatic rings. The number of halogens is 1. The Bertz CT molecular complexity index is 1770. The van der Waals surface area contributed by atoms with Crippen molar-refractivity contribution in [3.63, 3.8) is 0 Å². The molecule has 5 rings (SSSR count). The van der Waals surface area contributed by atoms with Crippen molar-refractivity contribution in [2.75, 3.05) is 25.1 Å². The Hall–Kier alpha value is -4.26. The number of imidazole rings is 1. The summed E-state index contributed by atoms with van der Waals surface area (Å²) in [5.41, 5.74) is 5.14. The standard InChI is InChI=1S/C26H28ClN9O7S2/c1-26(2,24(41)42)43-33-15(14-18(27)45-25(28)32-14)20(37)31-16-21(38)36-17(23(39)40)12(10-44-22(16)36)9-34-7-4-5-13-19(34)30-11-35(13)8-6-29-3/h4-5,7,11,16,22,29H,6,8-10H2,1-3H3,(H4-,28,31,32,37,39,40,41,42)/p+1. The van der Waals surface area contributed by atoms with E-state index in [2.05, 4.69) is 25.8 Å². The summed E-state index contributed by atoms with van der Waals surface area (Å²) in [4.78, 5) is 65.5. The van der Waals surface area contributed by atoms with Crippen molar-refractivity contribution in [3.8, 4) is 0 Å². The maximum Gasteiger partial charge on any atom is 0.352 e. The Morgan fingerprint density at radius 3 is 2.73 bits per heavy atom. The molecule has 19 heteroatoms. The summed E-state index contributed by atoms with van der Waals surface area (Å²) in [7, 11) is 1.86. The van der Waals surface area contributed by atoms with Crippen LogP contribution in [0.4, 0.5) is 5.13 Å². The number of nitrogen functional groups attached to an aromatic ring is 1. The summed E-state index contributed by atoms with van der Waals surface area (Å²) in [6.07, 6.45) is 3.52. The molecule has 0 saturated carbocycles. The Balaban J connectivity index is 1.39. The van der Waals surface area contributed by atoms with E-state index in [-0.39, 0.29) is 33.2 Å². The lowest BCUT2D eigenvalue weighted by atomic mass is 10.0. The van der Waals surface area contributed by atoms with Crippen LogP contribution in [-0.2, 0) is 37.1 Å². The molecule has 1 fully saturated rings. The maximum atomic E-state index is 13.4. The van der Waals surface area contributed by atoms with E-state index in [0.717, 1.165) is 28.3 Å². The number of pyridine rings is 1. The number of carbonyl (C=O) groups excluding carboxylic acids is 2. The van der Waals surface area contributed by atoms with Gasteiger partial charge < -0.3 is 36.0 Å². The van der Waals surface area contributed by atoms with Gasteiger partial charge in [-0.25, -0.2) is 19.1 Å². The second-order valence-corrected chi connectivity index (χ2v) is 13.3. The minimum Gasteiger partial charge on any atom is -0.478 e. The number of anilines is 1. The van der Waals surface area contributed by atoms with Gasteiger partial charge in [0, 0.05) is 24.4 Å². The highest BCUT2D eigenvalue weighted by atomic mass is 35.5. The van der Waals surface area contributed by atoms with Crippen molar-refractivity contribution in [1.82, 2.24) is 30.1 Å². The van der Waals surface area contributed by atoms with Crippen LogP contribution in [0, 0.1) is 0 Å². The molecule has 2 aliphatic heterocycles. The second kappa shape index (κ2) is 12.6. The number of oxime groups is 1. The average molecular weight is 679 g/mol. The van der Waals surface area contributed by atoms with Gasteiger partial charge in [0.15, 0.2) is 10.8 Å². The topological polar surface area (TPSA) is 218 Å². The zero-order valence-corrected chi connectivity index (χ0v) is 26.6. The van der Waals surface area contributed by atoms with Gasteiger partial charge in [-0.3, -0.25) is 14.5 Å². The molecule has 0 aromatic carbocycles. The molecule has 1 saturated heterocycles. The Kier molecular flexibility index (Phi) is 9.02. The number of nitrogens with two attached hydrogens (primary N) is 1. The lowest BCUT2D eigenvalue weighted by Crippen LogP contribution is -2.71. The van der Waals surface area contributed by atoms with Gasteiger partial charge in [0.1, 0.15) is 39.2 Å². The molecule has 238 valence electrons. The fourth-order valence-electron chi connectivity index (χ4n) is 4.69. The third-order valence-corrected chi connectivity index (χ3v) is 9.50. The van der Waals surface area contributed by atoms with Crippen LogP contribution in [0.1, 0.15) is 19.5 Å². The predicted octanol–water partition coefficient (Wildman–Crippen LogP) is 0.258. The average Bonchev–Trinajstić information content (AvgIpc) is 3.56. The van der Waals surface area contributed by atoms with Crippen molar-refractivity contribution < 1.29 is 38.8 Å². The Labute approximate surface area is 268 Å². The lowest BCUT2D eigenvalue weighted by molar-refractivity contribution is -0.664. The first-order valence-corrected chi connectivity index (χ1v) is 15.7. The molecule has 45 heavy (non-hydrogen) atoms. The number of carboxylic acid groups (broad SMARTS) is 2. The highest BCUT2D eigenvalue weighted by Crippen LogP contribution is 2.40. The fraction of sp³-hybridized carbons (Fsp3) is 0.385. The van der Waals surface area contributed by atoms with E-state index in [1.165, 1.54) is 25.6 Å². The SMILES string of the molecule is CNCCn1cnc2c1ccc[n+]2CC1=C(C(=O)O)N2C(=O)C(NC(=O)C(=NOC(C)(C)C(=O)O)c3nc(N)sc3Cl)C2SC1. The first-order chi connectivity index (χ1) is 21.3. The number of amides is 2. The van der Waals surface area contributed by atoms with Gasteiger partial charge in [0.25, 0.3) is 11.8 Å². The molecule has 0 spiro atoms. The number of aliphatic carboxylic acids is 2. The van der Waals surface area contributed by atoms with Crippen molar-refractivity contribution in [3.05, 3.63) is 46.0 Å². The summed E-state index contributed by atoms with van der Waals surface area (Å²) in [5.74, 6) is -3.96. The minimum absolute atomic E-state index is 0.00754. The van der Waals surface area contributed by atoms with Gasteiger partial charge >= 0.3 is 17.6 Å². The van der Waals surface area contributed by atoms with Crippen LogP contribution in [0.25, 0.3) is 11.2 Å². The Morgan fingerprint density at radius 2 is 2.09 bits per heavy atom. The molecule has 0 bridgehead atoms. The molecule has 3 aromatic rings. The van der Waals surface area contributed by atoms with E-state index in [0.29, 0.717) is 17.8 Å². The highest BCUT2D eigenvalue weighted by Gasteiger charge is 2.54. The van der Waals surface area contributed by atoms with Gasteiger partial charge in [0.05, 0.1) is 6.20 Å². The molecule has 0 aliphatic carbocycles. The summed E-state index contributed by atoms with van der Waals surface area (Å²) >= 11 is 8.35. The molecular weight excluding hydrogens is 650 g/mol. The number of β-lactam (4-membered cyclic amide) rings is 1. The van der Waals surface area contributed by atoms with Gasteiger partial charge in [-0.05, 0) is 38.0 Å². The number of carbonyl (C=O) groups is 4. The number of thioether (sulfide) groups is 1. The van der Waals surface area contributed by atoms with Crippen molar-refractivity contribution in [2.24, 2.45) is 5.16 Å². The zero-order valence-electron chi connectivity index (χ0n) is 24.2. The number of hydrogen-bond acceptors (Lipinski definition) is 12. The number of fused-ring (bicyclic) bond motifs is 2. The smallest absolute Gasteiger partial charge is 0.352 e. The number of carboxylic acids is 2. The third-order valence-electron chi connectivity index (χ3n) is 7.07. The number of thiazole rings is 1. The normalized spacial score (nSPS) is 18.5. The first-order valence-electron chi connectivity index (χ1n) is 13.4. The Morgan fingerprint density at radius 1 is 1.33 bits per heavy atom. The van der Waals surface area contributed by atoms with Crippen molar-refractivity contribution in [1.29, 1.82) is 0 Å². The summed E-state index contributed by atoms with van der Waals surface area (Å²) < 4.78 is 3.82. The zero-order chi connectivity index (χ0) is 32.6. The van der Waals surface area contributed by atoms with Crippen LogP contribution >= 0.6 is 34.7 Å². The van der Waals surface area contributed by atoms with Crippen LogP contribution in [0.5, 0.6) is 0 Å². The molecule has 16 nitrogen and oxygen atoms in total. The number of likely N-dealkylation sites (N-methyl/N-ethyl adjacent to an activating group) is 1. The number of nitrogens with zero attached hydrogens (tertiary/aromatic N) is 6. The summed E-state index contributed by atoms with van der Waals surface area (Å²) in [5, 5.41) is 28.2. The quantitative estimate of drug-likeness (QED) is 0.0754. The third kappa shape index (κ3) is 6.18. The van der Waals surface area contributed by atoms with Gasteiger partial charge in [-0.15, -0.1) is 11.8 Å². The molecular formula is C26H29ClN9O7S2+. The predicted molar refractivity (Wildman–Crippen MR) is 164 cm³/mol. The number of hydrogen-bond donors (Lipinski definition) is 5. The van der Waals surface area contributed by atoms with Crippen LogP contribution < -0.4 is 20.9 Å². The van der Waals surface area contributed by atoms with E-state index >= 15 is 0 Å². The first kappa shape index (κ1) is 32.1. The van der Waals surface area contributed by atoms with Gasteiger partial charge in [-0.1, -0.05) is 28.1 Å². The van der Waals surface area contributed by atoms with E-state index in [1.807, 2.05) is 28.3 Å². The summed E-state index contributed by atoms with van der Waals surface area (Å²) in [6.45, 7) is 4.07. The van der Waals surface area contributed by atoms with E-state index in [4.69, 9.17) is 22.2 Å². The number of aromatic nitrogens is 4. The van der Waals surface area contributed by atoms with E-state index in [9.17, 15) is 29.4 Å². The lowest BCUT2D eigenvalue weighted by Gasteiger charge is -2.49. The van der Waals surface area contributed by atoms with Crippen LogP contribution in [0.3, 0.4) is 0 Å². The number of nitrogens with one attached hydrogen (secondary N) is 2. The van der Waals surface area contributed by atoms with E-state index < -0.39 is 46.5 Å². The molecule has 2 atom stereocenters. The summed E-state index contributed by atoms with van der Waals surface area (Å²) in [6, 6.07) is 2.66. The molecule has 3 aromatic heterocycles. The van der Waals surface area contributed by atoms with Crippen molar-refractivity contribution >= 4 is 80.5 Å². The second-order valence-electron chi connectivity index (χ2n) is 10.5. The highest BCUT2D eigenvalue weighted by molar-refractivity contribution is 8.00. The maximum absolute atomic E-state index is 13.4. The molecule has 2 amide bonds. The largest absolute Gasteiger partial charge is 0.478 e. The van der Waals surface area contributed by atoms with E-state index in [1.54, 1.807) is 12.5 Å². The fourth-order valence-corrected chi connectivity index (χ4v) is 6.96. The van der Waals surface area contributed by atoms with Crippen LogP contribution in [0.15, 0.2) is 41.1 Å². The minimum atomic E-state index is -1.81. The molecule has 5 heterocycles. The number of rotatable bonds is 12. The monoisotopic (exact) mass is 678 g/mol. The molecule has 6 N–H and O–H groups in total. The van der Waals surface area contributed by atoms with Crippen LogP contribution in [0.2, 0.25) is 4.34 Å².